The molecule has 0 aliphatic carbocycles. The fraction of sp³-hybridized carbons (Fsp3) is 0.800. The zero-order valence-corrected chi connectivity index (χ0v) is 9.82. The average Bonchev–Trinajstić information content (AvgIpc) is 2.61. The van der Waals surface area contributed by atoms with Gasteiger partial charge in [-0.15, -0.1) is 5.10 Å². The van der Waals surface area contributed by atoms with E-state index in [1.54, 1.807) is 0 Å². The predicted octanol–water partition coefficient (Wildman–Crippen LogP) is 0.386. The predicted molar refractivity (Wildman–Crippen MR) is 60.5 cm³/mol. The normalized spacial score (nSPS) is 11.2. The van der Waals surface area contributed by atoms with Crippen LogP contribution in [-0.2, 0) is 13.1 Å². The Hall–Kier alpha value is -0.940. The van der Waals surface area contributed by atoms with Gasteiger partial charge < -0.3 is 10.6 Å². The Morgan fingerprint density at radius 1 is 1.47 bits per heavy atom. The van der Waals surface area contributed by atoms with Crippen LogP contribution in [0.15, 0.2) is 6.20 Å². The van der Waals surface area contributed by atoms with Gasteiger partial charge in [0, 0.05) is 25.3 Å². The number of hydrogen-bond donors (Lipinski definition) is 2. The van der Waals surface area contributed by atoms with E-state index in [0.29, 0.717) is 6.04 Å². The fourth-order valence-electron chi connectivity index (χ4n) is 1.34. The highest BCUT2D eigenvalue weighted by atomic mass is 15.4. The first-order valence-electron chi connectivity index (χ1n) is 5.49. The van der Waals surface area contributed by atoms with Crippen molar-refractivity contribution >= 4 is 0 Å². The molecule has 15 heavy (non-hydrogen) atoms. The van der Waals surface area contributed by atoms with Crippen LogP contribution in [0.5, 0.6) is 0 Å². The molecule has 1 rings (SSSR count). The zero-order valence-electron chi connectivity index (χ0n) is 9.82. The summed E-state index contributed by atoms with van der Waals surface area (Å²) >= 11 is 0. The van der Waals surface area contributed by atoms with Crippen LogP contribution in [0.2, 0.25) is 0 Å². The molecule has 1 heterocycles. The molecule has 0 fully saturated rings. The highest BCUT2D eigenvalue weighted by Gasteiger charge is 1.99. The second-order valence-electron chi connectivity index (χ2n) is 3.97. The second-order valence-corrected chi connectivity index (χ2v) is 3.97. The molecule has 0 unspecified atom stereocenters. The lowest BCUT2D eigenvalue weighted by molar-refractivity contribution is 0.505. The number of hydrogen-bond acceptors (Lipinski definition) is 4. The minimum absolute atomic E-state index is 0.556. The zero-order chi connectivity index (χ0) is 11.1. The highest BCUT2D eigenvalue weighted by molar-refractivity contribution is 4.90. The van der Waals surface area contributed by atoms with Gasteiger partial charge in [-0.2, -0.15) is 0 Å². The molecule has 0 spiro atoms. The van der Waals surface area contributed by atoms with E-state index in [9.17, 15) is 0 Å². The highest BCUT2D eigenvalue weighted by Crippen LogP contribution is 1.93. The molecule has 0 amide bonds. The molecular weight excluding hydrogens is 190 g/mol. The van der Waals surface area contributed by atoms with Crippen LogP contribution < -0.4 is 10.6 Å². The largest absolute Gasteiger partial charge is 0.314 e. The summed E-state index contributed by atoms with van der Waals surface area (Å²) in [6.45, 7) is 7.04. The van der Waals surface area contributed by atoms with Crippen molar-refractivity contribution in [2.45, 2.75) is 39.4 Å². The fourth-order valence-corrected chi connectivity index (χ4v) is 1.34. The van der Waals surface area contributed by atoms with Crippen LogP contribution >= 0.6 is 0 Å². The molecule has 1 aromatic heterocycles. The maximum Gasteiger partial charge on any atom is 0.0964 e. The lowest BCUT2D eigenvalue weighted by Gasteiger charge is -2.06. The Labute approximate surface area is 91.2 Å². The minimum Gasteiger partial charge on any atom is -0.314 e. The third-order valence-electron chi connectivity index (χ3n) is 2.06. The number of aromatic nitrogens is 3. The number of rotatable bonds is 7. The van der Waals surface area contributed by atoms with E-state index in [4.69, 9.17) is 0 Å². The molecule has 86 valence electrons. The van der Waals surface area contributed by atoms with Crippen molar-refractivity contribution in [1.29, 1.82) is 0 Å². The van der Waals surface area contributed by atoms with Gasteiger partial charge in [0.2, 0.25) is 0 Å². The van der Waals surface area contributed by atoms with E-state index >= 15 is 0 Å². The van der Waals surface area contributed by atoms with Gasteiger partial charge in [-0.1, -0.05) is 19.1 Å². The van der Waals surface area contributed by atoms with Gasteiger partial charge in [0.15, 0.2) is 0 Å². The third kappa shape index (κ3) is 4.90. The maximum atomic E-state index is 4.05. The SMILES string of the molecule is CNCc1cn(CCCNC(C)C)nn1. The van der Waals surface area contributed by atoms with E-state index in [0.717, 1.165) is 31.7 Å². The topological polar surface area (TPSA) is 54.8 Å². The summed E-state index contributed by atoms with van der Waals surface area (Å²) in [6, 6.07) is 0.556. The third-order valence-corrected chi connectivity index (χ3v) is 2.06. The molecule has 1 aromatic rings. The number of nitrogens with one attached hydrogen (secondary N) is 2. The molecule has 0 bridgehead atoms. The Bertz CT molecular complexity index is 269. The van der Waals surface area contributed by atoms with Crippen LogP contribution in [0.4, 0.5) is 0 Å². The van der Waals surface area contributed by atoms with Gasteiger partial charge in [-0.25, -0.2) is 0 Å². The summed E-state index contributed by atoms with van der Waals surface area (Å²) in [5.41, 5.74) is 0.995. The average molecular weight is 211 g/mol. The van der Waals surface area contributed by atoms with Crippen molar-refractivity contribution in [3.05, 3.63) is 11.9 Å². The van der Waals surface area contributed by atoms with Crippen LogP contribution in [0.1, 0.15) is 26.0 Å². The second kappa shape index (κ2) is 6.53. The van der Waals surface area contributed by atoms with E-state index in [1.165, 1.54) is 0 Å². The quantitative estimate of drug-likeness (QED) is 0.640. The molecule has 5 heteroatoms. The molecule has 0 saturated carbocycles. The smallest absolute Gasteiger partial charge is 0.0964 e. The monoisotopic (exact) mass is 211 g/mol. The molecule has 0 radical (unpaired) electrons. The first-order chi connectivity index (χ1) is 7.22. The van der Waals surface area contributed by atoms with Crippen molar-refractivity contribution in [2.24, 2.45) is 0 Å². The lowest BCUT2D eigenvalue weighted by atomic mass is 10.3. The van der Waals surface area contributed by atoms with Crippen molar-refractivity contribution in [3.8, 4) is 0 Å². The first-order valence-corrected chi connectivity index (χ1v) is 5.49. The van der Waals surface area contributed by atoms with Crippen molar-refractivity contribution in [3.63, 3.8) is 0 Å². The standard InChI is InChI=1S/C10H21N5/c1-9(2)12-5-4-6-15-8-10(7-11-3)13-14-15/h8-9,11-12H,4-7H2,1-3H3. The molecule has 0 aromatic carbocycles. The van der Waals surface area contributed by atoms with E-state index < -0.39 is 0 Å². The van der Waals surface area contributed by atoms with E-state index in [1.807, 2.05) is 17.9 Å². The summed E-state index contributed by atoms with van der Waals surface area (Å²) < 4.78 is 1.90. The summed E-state index contributed by atoms with van der Waals surface area (Å²) in [5, 5.41) is 14.5. The van der Waals surface area contributed by atoms with Crippen LogP contribution in [0.3, 0.4) is 0 Å². The van der Waals surface area contributed by atoms with Crippen LogP contribution in [0.25, 0.3) is 0 Å². The Balaban J connectivity index is 2.19. The molecule has 0 aliphatic rings. The summed E-state index contributed by atoms with van der Waals surface area (Å²) in [6.07, 6.45) is 3.08. The Morgan fingerprint density at radius 2 is 2.27 bits per heavy atom. The van der Waals surface area contributed by atoms with Crippen LogP contribution in [0, 0.1) is 0 Å². The van der Waals surface area contributed by atoms with Gasteiger partial charge in [0.25, 0.3) is 0 Å². The van der Waals surface area contributed by atoms with Gasteiger partial charge in [0.1, 0.15) is 0 Å². The molecule has 0 atom stereocenters. The summed E-state index contributed by atoms with van der Waals surface area (Å²) in [7, 11) is 1.91. The summed E-state index contributed by atoms with van der Waals surface area (Å²) in [5.74, 6) is 0. The summed E-state index contributed by atoms with van der Waals surface area (Å²) in [4.78, 5) is 0. The molecular formula is C10H21N5. The van der Waals surface area contributed by atoms with E-state index in [2.05, 4.69) is 34.8 Å². The first kappa shape index (κ1) is 12.1. The Morgan fingerprint density at radius 3 is 2.93 bits per heavy atom. The van der Waals surface area contributed by atoms with Gasteiger partial charge >= 0.3 is 0 Å². The van der Waals surface area contributed by atoms with Gasteiger partial charge in [-0.3, -0.25) is 4.68 Å². The van der Waals surface area contributed by atoms with Crippen molar-refractivity contribution < 1.29 is 0 Å². The number of nitrogens with zero attached hydrogens (tertiary/aromatic N) is 3. The van der Waals surface area contributed by atoms with Gasteiger partial charge in [0.05, 0.1) is 5.69 Å². The maximum absolute atomic E-state index is 4.05. The van der Waals surface area contributed by atoms with E-state index in [-0.39, 0.29) is 0 Å². The number of aryl methyl sites for hydroxylation is 1. The van der Waals surface area contributed by atoms with Gasteiger partial charge in [-0.05, 0) is 20.0 Å². The molecule has 0 saturated heterocycles. The van der Waals surface area contributed by atoms with Crippen molar-refractivity contribution in [1.82, 2.24) is 25.6 Å². The van der Waals surface area contributed by atoms with Crippen molar-refractivity contribution in [2.75, 3.05) is 13.6 Å². The molecule has 0 aliphatic heterocycles. The van der Waals surface area contributed by atoms with Crippen LogP contribution in [-0.4, -0.2) is 34.6 Å². The molecule has 2 N–H and O–H groups in total. The molecule has 5 nitrogen and oxygen atoms in total. The lowest BCUT2D eigenvalue weighted by Crippen LogP contribution is -2.24. The Kier molecular flexibility index (Phi) is 5.28. The minimum atomic E-state index is 0.556.